The van der Waals surface area contributed by atoms with Crippen LogP contribution in [0.25, 0.3) is 11.4 Å². The first-order valence-corrected chi connectivity index (χ1v) is 6.50. The molecule has 0 fully saturated rings. The highest BCUT2D eigenvalue weighted by molar-refractivity contribution is 9.10. The van der Waals surface area contributed by atoms with Crippen molar-refractivity contribution >= 4 is 15.9 Å². The van der Waals surface area contributed by atoms with Gasteiger partial charge in [-0.2, -0.15) is 4.98 Å². The predicted octanol–water partition coefficient (Wildman–Crippen LogP) is 4.07. The summed E-state index contributed by atoms with van der Waals surface area (Å²) in [6, 6.07) is 4.14. The van der Waals surface area contributed by atoms with Gasteiger partial charge in [-0.25, -0.2) is 0 Å². The average molecular weight is 295 g/mol. The Balaban J connectivity index is 2.45. The first kappa shape index (κ1) is 12.3. The van der Waals surface area contributed by atoms with Crippen LogP contribution < -0.4 is 0 Å². The molecule has 0 aliphatic carbocycles. The minimum Gasteiger partial charge on any atom is -0.339 e. The zero-order valence-corrected chi connectivity index (χ0v) is 11.8. The predicted molar refractivity (Wildman–Crippen MR) is 70.9 cm³/mol. The molecule has 1 heterocycles. The topological polar surface area (TPSA) is 38.9 Å². The summed E-state index contributed by atoms with van der Waals surface area (Å²) in [4.78, 5) is 4.43. The van der Waals surface area contributed by atoms with Gasteiger partial charge in [0, 0.05) is 16.5 Å². The van der Waals surface area contributed by atoms with Crippen LogP contribution in [-0.4, -0.2) is 10.1 Å². The molecule has 0 aliphatic heterocycles. The van der Waals surface area contributed by atoms with E-state index in [-0.39, 0.29) is 0 Å². The third-order valence-electron chi connectivity index (χ3n) is 2.65. The lowest BCUT2D eigenvalue weighted by Gasteiger charge is -2.06. The van der Waals surface area contributed by atoms with Crippen LogP contribution in [0, 0.1) is 13.8 Å². The Morgan fingerprint density at radius 1 is 1.24 bits per heavy atom. The smallest absolute Gasteiger partial charge is 0.226 e. The molecule has 1 aromatic heterocycles. The van der Waals surface area contributed by atoms with Gasteiger partial charge in [0.2, 0.25) is 11.7 Å². The number of nitrogens with zero attached hydrogens (tertiary/aromatic N) is 2. The number of hydrogen-bond acceptors (Lipinski definition) is 3. The summed E-state index contributed by atoms with van der Waals surface area (Å²) in [7, 11) is 0. The number of hydrogen-bond donors (Lipinski definition) is 0. The third kappa shape index (κ3) is 2.57. The SMILES string of the molecule is CCCc1nc(-c2c(C)cc(Br)cc2C)no1. The molecule has 3 nitrogen and oxygen atoms in total. The first-order valence-electron chi connectivity index (χ1n) is 5.71. The van der Waals surface area contributed by atoms with E-state index >= 15 is 0 Å². The largest absolute Gasteiger partial charge is 0.339 e. The number of rotatable bonds is 3. The lowest BCUT2D eigenvalue weighted by Crippen LogP contribution is -1.91. The zero-order valence-electron chi connectivity index (χ0n) is 10.2. The van der Waals surface area contributed by atoms with Crippen LogP contribution >= 0.6 is 15.9 Å². The minimum atomic E-state index is 0.691. The molecule has 4 heteroatoms. The molecule has 0 aliphatic rings. The van der Waals surface area contributed by atoms with E-state index in [4.69, 9.17) is 4.52 Å². The Kier molecular flexibility index (Phi) is 3.62. The van der Waals surface area contributed by atoms with Crippen molar-refractivity contribution in [2.75, 3.05) is 0 Å². The lowest BCUT2D eigenvalue weighted by molar-refractivity contribution is 0.378. The number of halogens is 1. The molecule has 0 unspecified atom stereocenters. The number of benzene rings is 1. The van der Waals surface area contributed by atoms with Gasteiger partial charge in [0.15, 0.2) is 0 Å². The molecular formula is C13H15BrN2O. The molecule has 90 valence electrons. The van der Waals surface area contributed by atoms with E-state index in [1.807, 2.05) is 0 Å². The first-order chi connectivity index (χ1) is 8.11. The van der Waals surface area contributed by atoms with Gasteiger partial charge in [-0.3, -0.25) is 0 Å². The van der Waals surface area contributed by atoms with Crippen LogP contribution in [0.5, 0.6) is 0 Å². The van der Waals surface area contributed by atoms with Gasteiger partial charge in [-0.1, -0.05) is 28.0 Å². The molecule has 0 spiro atoms. The van der Waals surface area contributed by atoms with Gasteiger partial charge in [-0.05, 0) is 43.5 Å². The molecule has 0 atom stereocenters. The molecule has 17 heavy (non-hydrogen) atoms. The van der Waals surface area contributed by atoms with Crippen LogP contribution in [0.1, 0.15) is 30.4 Å². The second kappa shape index (κ2) is 5.00. The molecular weight excluding hydrogens is 280 g/mol. The summed E-state index contributed by atoms with van der Waals surface area (Å²) >= 11 is 3.49. The molecule has 0 saturated carbocycles. The van der Waals surface area contributed by atoms with Gasteiger partial charge in [0.25, 0.3) is 0 Å². The highest BCUT2D eigenvalue weighted by Gasteiger charge is 2.13. The molecule has 0 bridgehead atoms. The van der Waals surface area contributed by atoms with Crippen LogP contribution in [-0.2, 0) is 6.42 Å². The van der Waals surface area contributed by atoms with E-state index in [1.165, 1.54) is 0 Å². The summed E-state index contributed by atoms with van der Waals surface area (Å²) in [5, 5.41) is 4.05. The fourth-order valence-corrected chi connectivity index (χ4v) is 2.62. The second-order valence-corrected chi connectivity index (χ2v) is 5.09. The molecule has 0 N–H and O–H groups in total. The fraction of sp³-hybridized carbons (Fsp3) is 0.385. The highest BCUT2D eigenvalue weighted by Crippen LogP contribution is 2.28. The monoisotopic (exact) mass is 294 g/mol. The van der Waals surface area contributed by atoms with E-state index < -0.39 is 0 Å². The summed E-state index contributed by atoms with van der Waals surface area (Å²) in [5.74, 6) is 1.40. The van der Waals surface area contributed by atoms with E-state index in [2.05, 4.69) is 59.0 Å². The Morgan fingerprint density at radius 3 is 2.47 bits per heavy atom. The van der Waals surface area contributed by atoms with Crippen molar-refractivity contribution in [2.24, 2.45) is 0 Å². The van der Waals surface area contributed by atoms with E-state index in [9.17, 15) is 0 Å². The van der Waals surface area contributed by atoms with E-state index in [1.54, 1.807) is 0 Å². The number of aromatic nitrogens is 2. The summed E-state index contributed by atoms with van der Waals surface area (Å²) < 4.78 is 6.30. The Bertz CT molecular complexity index is 511. The van der Waals surface area contributed by atoms with Crippen molar-refractivity contribution in [3.05, 3.63) is 33.6 Å². The zero-order chi connectivity index (χ0) is 12.4. The molecule has 2 rings (SSSR count). The fourth-order valence-electron chi connectivity index (χ4n) is 1.94. The third-order valence-corrected chi connectivity index (χ3v) is 3.11. The van der Waals surface area contributed by atoms with Crippen LogP contribution in [0.3, 0.4) is 0 Å². The average Bonchev–Trinajstić information content (AvgIpc) is 2.65. The quantitative estimate of drug-likeness (QED) is 0.856. The van der Waals surface area contributed by atoms with Crippen LogP contribution in [0.2, 0.25) is 0 Å². The minimum absolute atomic E-state index is 0.691. The van der Waals surface area contributed by atoms with E-state index in [0.717, 1.165) is 34.0 Å². The molecule has 0 saturated heterocycles. The van der Waals surface area contributed by atoms with Crippen molar-refractivity contribution in [3.8, 4) is 11.4 Å². The lowest BCUT2D eigenvalue weighted by atomic mass is 10.0. The maximum atomic E-state index is 5.23. The highest BCUT2D eigenvalue weighted by atomic mass is 79.9. The standard InChI is InChI=1S/C13H15BrN2O/c1-4-5-11-15-13(16-17-11)12-8(2)6-10(14)7-9(12)3/h6-7H,4-5H2,1-3H3. The Hall–Kier alpha value is -1.16. The van der Waals surface area contributed by atoms with Gasteiger partial charge in [-0.15, -0.1) is 0 Å². The molecule has 2 aromatic rings. The van der Waals surface area contributed by atoms with Crippen molar-refractivity contribution < 1.29 is 4.52 Å². The normalized spacial score (nSPS) is 10.8. The van der Waals surface area contributed by atoms with Gasteiger partial charge >= 0.3 is 0 Å². The van der Waals surface area contributed by atoms with E-state index in [0.29, 0.717) is 11.7 Å². The van der Waals surface area contributed by atoms with Gasteiger partial charge in [0.1, 0.15) is 0 Å². The second-order valence-electron chi connectivity index (χ2n) is 4.18. The Labute approximate surface area is 109 Å². The summed E-state index contributed by atoms with van der Waals surface area (Å²) in [6.45, 7) is 6.21. The van der Waals surface area contributed by atoms with Crippen molar-refractivity contribution in [1.29, 1.82) is 0 Å². The molecule has 0 amide bonds. The maximum Gasteiger partial charge on any atom is 0.226 e. The van der Waals surface area contributed by atoms with Crippen LogP contribution in [0.4, 0.5) is 0 Å². The van der Waals surface area contributed by atoms with Crippen LogP contribution in [0.15, 0.2) is 21.1 Å². The van der Waals surface area contributed by atoms with Gasteiger partial charge < -0.3 is 4.52 Å². The Morgan fingerprint density at radius 2 is 1.88 bits per heavy atom. The van der Waals surface area contributed by atoms with Crippen molar-refractivity contribution in [3.63, 3.8) is 0 Å². The van der Waals surface area contributed by atoms with Crippen molar-refractivity contribution in [1.82, 2.24) is 10.1 Å². The molecule has 0 radical (unpaired) electrons. The molecule has 1 aromatic carbocycles. The van der Waals surface area contributed by atoms with Crippen molar-refractivity contribution in [2.45, 2.75) is 33.6 Å². The summed E-state index contributed by atoms with van der Waals surface area (Å²) in [6.07, 6.45) is 1.85. The maximum absolute atomic E-state index is 5.23. The number of aryl methyl sites for hydroxylation is 3. The summed E-state index contributed by atoms with van der Waals surface area (Å²) in [5.41, 5.74) is 3.38. The van der Waals surface area contributed by atoms with Gasteiger partial charge in [0.05, 0.1) is 0 Å².